The SMILES string of the molecule is C[C@H](NC(=O)C1CCN(S(=O)(=O)c2ccc3c(c2)CCC3)CC1)c1ccccc1Br. The molecule has 0 radical (unpaired) electrons. The molecule has 0 spiro atoms. The number of aryl methyl sites for hydroxylation is 2. The van der Waals surface area contributed by atoms with E-state index in [0.717, 1.165) is 34.9 Å². The molecule has 1 atom stereocenters. The van der Waals surface area contributed by atoms with E-state index in [1.807, 2.05) is 43.3 Å². The summed E-state index contributed by atoms with van der Waals surface area (Å²) in [7, 11) is -3.51. The monoisotopic (exact) mass is 490 g/mol. The zero-order chi connectivity index (χ0) is 21.3. The van der Waals surface area contributed by atoms with E-state index in [2.05, 4.69) is 21.2 Å². The number of hydrogen-bond acceptors (Lipinski definition) is 3. The Morgan fingerprint density at radius 2 is 1.80 bits per heavy atom. The van der Waals surface area contributed by atoms with Gasteiger partial charge in [0, 0.05) is 23.5 Å². The second kappa shape index (κ2) is 8.81. The number of rotatable bonds is 5. The zero-order valence-electron chi connectivity index (χ0n) is 17.1. The van der Waals surface area contributed by atoms with Gasteiger partial charge >= 0.3 is 0 Å². The van der Waals surface area contributed by atoms with Crippen LogP contribution in [0.3, 0.4) is 0 Å². The van der Waals surface area contributed by atoms with Crippen LogP contribution in [-0.2, 0) is 27.7 Å². The second-order valence-corrected chi connectivity index (χ2v) is 11.0. The van der Waals surface area contributed by atoms with Crippen molar-refractivity contribution in [3.63, 3.8) is 0 Å². The minimum absolute atomic E-state index is 0.00664. The summed E-state index contributed by atoms with van der Waals surface area (Å²) in [4.78, 5) is 13.1. The van der Waals surface area contributed by atoms with Gasteiger partial charge in [-0.15, -0.1) is 0 Å². The molecule has 1 amide bonds. The fourth-order valence-electron chi connectivity index (χ4n) is 4.45. The first kappa shape index (κ1) is 21.5. The molecule has 1 aliphatic heterocycles. The van der Waals surface area contributed by atoms with Gasteiger partial charge in [0.1, 0.15) is 0 Å². The lowest BCUT2D eigenvalue weighted by atomic mass is 9.96. The number of nitrogens with zero attached hydrogens (tertiary/aromatic N) is 1. The molecular weight excluding hydrogens is 464 g/mol. The normalized spacial score (nSPS) is 18.7. The van der Waals surface area contributed by atoms with Gasteiger partial charge in [0.25, 0.3) is 0 Å². The molecule has 7 heteroatoms. The summed E-state index contributed by atoms with van der Waals surface area (Å²) in [5.41, 5.74) is 3.46. The molecule has 2 aromatic carbocycles. The number of nitrogens with one attached hydrogen (secondary N) is 1. The van der Waals surface area contributed by atoms with Crippen molar-refractivity contribution >= 4 is 31.9 Å². The molecule has 2 aliphatic rings. The minimum atomic E-state index is -3.51. The van der Waals surface area contributed by atoms with E-state index in [0.29, 0.717) is 30.8 Å². The molecular formula is C23H27BrN2O3S. The van der Waals surface area contributed by atoms with Crippen LogP contribution in [0.5, 0.6) is 0 Å². The van der Waals surface area contributed by atoms with Crippen molar-refractivity contribution in [2.45, 2.75) is 50.0 Å². The smallest absolute Gasteiger partial charge is 0.243 e. The first-order valence-electron chi connectivity index (χ1n) is 10.5. The number of halogens is 1. The molecule has 1 fully saturated rings. The van der Waals surface area contributed by atoms with E-state index in [1.54, 1.807) is 6.07 Å². The van der Waals surface area contributed by atoms with Gasteiger partial charge in [-0.1, -0.05) is 40.2 Å². The van der Waals surface area contributed by atoms with Gasteiger partial charge in [-0.2, -0.15) is 4.31 Å². The van der Waals surface area contributed by atoms with Gasteiger partial charge in [-0.3, -0.25) is 4.79 Å². The van der Waals surface area contributed by atoms with Gasteiger partial charge in [0.05, 0.1) is 10.9 Å². The molecule has 0 unspecified atom stereocenters. The van der Waals surface area contributed by atoms with Crippen LogP contribution >= 0.6 is 15.9 Å². The van der Waals surface area contributed by atoms with Crippen LogP contribution in [0.2, 0.25) is 0 Å². The maximum atomic E-state index is 13.1. The molecule has 5 nitrogen and oxygen atoms in total. The highest BCUT2D eigenvalue weighted by Gasteiger charge is 2.33. The van der Waals surface area contributed by atoms with Crippen LogP contribution in [0, 0.1) is 5.92 Å². The minimum Gasteiger partial charge on any atom is -0.349 e. The Balaban J connectivity index is 1.37. The molecule has 1 N–H and O–H groups in total. The van der Waals surface area contributed by atoms with E-state index in [-0.39, 0.29) is 17.9 Å². The third-order valence-electron chi connectivity index (χ3n) is 6.26. The van der Waals surface area contributed by atoms with Crippen molar-refractivity contribution in [2.24, 2.45) is 5.92 Å². The van der Waals surface area contributed by atoms with Gasteiger partial charge in [0.2, 0.25) is 15.9 Å². The lowest BCUT2D eigenvalue weighted by Crippen LogP contribution is -2.43. The number of amides is 1. The number of benzene rings is 2. The van der Waals surface area contributed by atoms with Gasteiger partial charge in [-0.05, 0) is 73.9 Å². The Bertz CT molecular complexity index is 1050. The lowest BCUT2D eigenvalue weighted by Gasteiger charge is -2.31. The number of carbonyl (C=O) groups is 1. The summed E-state index contributed by atoms with van der Waals surface area (Å²) in [5, 5.41) is 3.08. The molecule has 1 saturated heterocycles. The van der Waals surface area contributed by atoms with Gasteiger partial charge < -0.3 is 5.32 Å². The lowest BCUT2D eigenvalue weighted by molar-refractivity contribution is -0.126. The third kappa shape index (κ3) is 4.34. The molecule has 0 bridgehead atoms. The fourth-order valence-corrected chi connectivity index (χ4v) is 6.60. The van der Waals surface area contributed by atoms with Gasteiger partial charge in [0.15, 0.2) is 0 Å². The maximum Gasteiger partial charge on any atom is 0.243 e. The largest absolute Gasteiger partial charge is 0.349 e. The van der Waals surface area contributed by atoms with Crippen molar-refractivity contribution in [3.8, 4) is 0 Å². The van der Waals surface area contributed by atoms with Crippen LogP contribution in [0.15, 0.2) is 51.8 Å². The first-order valence-corrected chi connectivity index (χ1v) is 12.8. The van der Waals surface area contributed by atoms with E-state index >= 15 is 0 Å². The molecule has 1 heterocycles. The van der Waals surface area contributed by atoms with Crippen LogP contribution in [0.25, 0.3) is 0 Å². The average Bonchev–Trinajstić information content (AvgIpc) is 3.22. The molecule has 160 valence electrons. The predicted octanol–water partition coefficient (Wildman–Crippen LogP) is 4.22. The number of sulfonamides is 1. The fraction of sp³-hybridized carbons (Fsp3) is 0.435. The zero-order valence-corrected chi connectivity index (χ0v) is 19.5. The van der Waals surface area contributed by atoms with E-state index in [4.69, 9.17) is 0 Å². The van der Waals surface area contributed by atoms with E-state index < -0.39 is 10.0 Å². The topological polar surface area (TPSA) is 66.5 Å². The molecule has 0 saturated carbocycles. The summed E-state index contributed by atoms with van der Waals surface area (Å²) >= 11 is 3.53. The van der Waals surface area contributed by atoms with Crippen LogP contribution in [0.1, 0.15) is 48.9 Å². The number of fused-ring (bicyclic) bond motifs is 1. The summed E-state index contributed by atoms with van der Waals surface area (Å²) < 4.78 is 28.7. The molecule has 2 aromatic rings. The predicted molar refractivity (Wildman–Crippen MR) is 121 cm³/mol. The van der Waals surface area contributed by atoms with Crippen molar-refractivity contribution in [3.05, 3.63) is 63.6 Å². The second-order valence-electron chi connectivity index (χ2n) is 8.21. The summed E-state index contributed by atoms with van der Waals surface area (Å²) in [6.45, 7) is 2.72. The highest BCUT2D eigenvalue weighted by atomic mass is 79.9. The summed E-state index contributed by atoms with van der Waals surface area (Å²) in [6.07, 6.45) is 4.17. The van der Waals surface area contributed by atoms with Crippen molar-refractivity contribution in [1.29, 1.82) is 0 Å². The Morgan fingerprint density at radius 3 is 2.53 bits per heavy atom. The van der Waals surface area contributed by atoms with Crippen LogP contribution in [0.4, 0.5) is 0 Å². The summed E-state index contributed by atoms with van der Waals surface area (Å²) in [5.74, 6) is -0.172. The Kier molecular flexibility index (Phi) is 6.32. The standard InChI is InChI=1S/C23H27BrN2O3S/c1-16(21-7-2-3-8-22(21)24)25-23(27)18-11-13-26(14-12-18)30(28,29)20-10-9-17-5-4-6-19(17)15-20/h2-3,7-10,15-16,18H,4-6,11-14H2,1H3,(H,25,27)/t16-/m0/s1. The quantitative estimate of drug-likeness (QED) is 0.682. The van der Waals surface area contributed by atoms with Crippen LogP contribution < -0.4 is 5.32 Å². The molecule has 0 aromatic heterocycles. The first-order chi connectivity index (χ1) is 14.4. The van der Waals surface area contributed by atoms with Crippen molar-refractivity contribution in [1.82, 2.24) is 9.62 Å². The molecule has 4 rings (SSSR count). The molecule has 30 heavy (non-hydrogen) atoms. The van der Waals surface area contributed by atoms with Gasteiger partial charge in [-0.25, -0.2) is 8.42 Å². The number of carbonyl (C=O) groups excluding carboxylic acids is 1. The Morgan fingerprint density at radius 1 is 1.10 bits per heavy atom. The average molecular weight is 491 g/mol. The Labute approximate surface area is 187 Å². The van der Waals surface area contributed by atoms with Crippen molar-refractivity contribution in [2.75, 3.05) is 13.1 Å². The highest BCUT2D eigenvalue weighted by molar-refractivity contribution is 9.10. The van der Waals surface area contributed by atoms with Crippen LogP contribution in [-0.4, -0.2) is 31.7 Å². The summed E-state index contributed by atoms with van der Waals surface area (Å²) in [6, 6.07) is 13.3. The molecule has 1 aliphatic carbocycles. The number of hydrogen-bond donors (Lipinski definition) is 1. The number of piperidine rings is 1. The third-order valence-corrected chi connectivity index (χ3v) is 8.88. The van der Waals surface area contributed by atoms with E-state index in [9.17, 15) is 13.2 Å². The Hall–Kier alpha value is -1.70. The maximum absolute atomic E-state index is 13.1. The highest BCUT2D eigenvalue weighted by Crippen LogP contribution is 2.29. The van der Waals surface area contributed by atoms with E-state index in [1.165, 1.54) is 9.87 Å². The van der Waals surface area contributed by atoms with Crippen molar-refractivity contribution < 1.29 is 13.2 Å².